The number of rotatable bonds is 4. The second-order valence-corrected chi connectivity index (χ2v) is 5.52. The number of benzene rings is 1. The summed E-state index contributed by atoms with van der Waals surface area (Å²) < 4.78 is 29.2. The van der Waals surface area contributed by atoms with E-state index in [9.17, 15) is 8.78 Å². The molecule has 0 bridgehead atoms. The quantitative estimate of drug-likeness (QED) is 0.522. The fourth-order valence-corrected chi connectivity index (χ4v) is 2.94. The third-order valence-electron chi connectivity index (χ3n) is 2.87. The Bertz CT molecular complexity index is 725. The van der Waals surface area contributed by atoms with Crippen molar-refractivity contribution < 1.29 is 8.78 Å². The Hall–Kier alpha value is -2.48. The summed E-state index contributed by atoms with van der Waals surface area (Å²) in [5, 5.41) is 0. The Morgan fingerprint density at radius 3 is 2.91 bits per heavy atom. The number of nitrogens with two attached hydrogens (primary N) is 1. The molecule has 0 spiro atoms. The van der Waals surface area contributed by atoms with E-state index in [0.29, 0.717) is 6.54 Å². The van der Waals surface area contributed by atoms with Crippen LogP contribution in [0.4, 0.5) is 8.78 Å². The zero-order chi connectivity index (χ0) is 16.8. The highest BCUT2D eigenvalue weighted by Gasteiger charge is 2.26. The molecular weight excluding hydrogens is 320 g/mol. The maximum absolute atomic E-state index is 14.3. The first-order valence-electron chi connectivity index (χ1n) is 6.57. The largest absolute Gasteiger partial charge is 0.403 e. The number of hydrogen-bond donors (Lipinski definition) is 1. The molecule has 0 radical (unpaired) electrons. The number of allylic oxidation sites excluding steroid dienone is 1. The normalized spacial score (nSPS) is 16.1. The second kappa shape index (κ2) is 7.68. The first kappa shape index (κ1) is 16.9. The van der Waals surface area contributed by atoms with Crippen LogP contribution in [-0.2, 0) is 6.54 Å². The van der Waals surface area contributed by atoms with Crippen LogP contribution in [0, 0.1) is 5.82 Å². The first-order chi connectivity index (χ1) is 11.1. The Morgan fingerprint density at radius 2 is 2.26 bits per heavy atom. The molecule has 0 saturated heterocycles. The number of nitrogens with zero attached hydrogens (tertiary/aromatic N) is 4. The van der Waals surface area contributed by atoms with E-state index in [-0.39, 0.29) is 17.3 Å². The molecule has 2 rings (SSSR count). The molecule has 1 aliphatic heterocycles. The number of hydrogen-bond acceptors (Lipinski definition) is 5. The summed E-state index contributed by atoms with van der Waals surface area (Å²) in [6, 6.07) is 4.42. The summed E-state index contributed by atoms with van der Waals surface area (Å²) >= 11 is 1.26. The average molecular weight is 335 g/mol. The summed E-state index contributed by atoms with van der Waals surface area (Å²) in [7, 11) is 1.55. The topological polar surface area (TPSA) is 66.3 Å². The van der Waals surface area contributed by atoms with Gasteiger partial charge in [0.1, 0.15) is 5.82 Å². The van der Waals surface area contributed by atoms with E-state index in [0.717, 1.165) is 16.7 Å². The van der Waals surface area contributed by atoms with Gasteiger partial charge in [-0.15, -0.1) is 0 Å². The van der Waals surface area contributed by atoms with Crippen LogP contribution in [0.2, 0.25) is 0 Å². The minimum absolute atomic E-state index is 0.00982. The van der Waals surface area contributed by atoms with Crippen molar-refractivity contribution in [3.8, 4) is 0 Å². The van der Waals surface area contributed by atoms with Gasteiger partial charge in [0.05, 0.1) is 18.4 Å². The van der Waals surface area contributed by atoms with Crippen molar-refractivity contribution >= 4 is 30.7 Å². The lowest BCUT2D eigenvalue weighted by Crippen LogP contribution is -2.21. The van der Waals surface area contributed by atoms with Crippen molar-refractivity contribution in [2.75, 3.05) is 7.05 Å². The van der Waals surface area contributed by atoms with Gasteiger partial charge in [-0.3, -0.25) is 14.3 Å². The first-order valence-corrected chi connectivity index (χ1v) is 7.35. The van der Waals surface area contributed by atoms with E-state index in [2.05, 4.69) is 21.7 Å². The summed E-state index contributed by atoms with van der Waals surface area (Å²) in [6.45, 7) is 3.54. The monoisotopic (exact) mass is 335 g/mol. The van der Waals surface area contributed by atoms with E-state index in [1.807, 2.05) is 0 Å². The highest BCUT2D eigenvalue weighted by molar-refractivity contribution is 7.97. The summed E-state index contributed by atoms with van der Waals surface area (Å²) in [5.74, 6) is -1.01. The van der Waals surface area contributed by atoms with Crippen molar-refractivity contribution in [1.82, 2.24) is 4.31 Å². The molecule has 0 amide bonds. The van der Waals surface area contributed by atoms with Gasteiger partial charge in [0.15, 0.2) is 11.7 Å². The van der Waals surface area contributed by atoms with Crippen LogP contribution >= 0.6 is 11.9 Å². The Kier molecular flexibility index (Phi) is 5.64. The van der Waals surface area contributed by atoms with E-state index < -0.39 is 5.83 Å². The van der Waals surface area contributed by atoms with Crippen LogP contribution in [0.3, 0.4) is 0 Å². The smallest absolute Gasteiger partial charge is 0.184 e. The van der Waals surface area contributed by atoms with Crippen LogP contribution in [0.25, 0.3) is 0 Å². The summed E-state index contributed by atoms with van der Waals surface area (Å²) in [5.41, 5.74) is 6.51. The maximum Gasteiger partial charge on any atom is 0.184 e. The van der Waals surface area contributed by atoms with E-state index in [4.69, 9.17) is 5.73 Å². The van der Waals surface area contributed by atoms with Crippen LogP contribution < -0.4 is 5.73 Å². The molecule has 1 heterocycles. The van der Waals surface area contributed by atoms with Crippen molar-refractivity contribution in [2.24, 2.45) is 20.7 Å². The molecule has 23 heavy (non-hydrogen) atoms. The molecule has 1 aromatic carbocycles. The van der Waals surface area contributed by atoms with E-state index >= 15 is 0 Å². The zero-order valence-electron chi connectivity index (χ0n) is 12.4. The molecule has 5 nitrogen and oxygen atoms in total. The molecule has 120 valence electrons. The van der Waals surface area contributed by atoms with Gasteiger partial charge in [-0.25, -0.2) is 13.8 Å². The molecule has 8 heteroatoms. The fraction of sp³-hybridized carbons (Fsp3) is 0.133. The highest BCUT2D eigenvalue weighted by atomic mass is 32.2. The van der Waals surface area contributed by atoms with Crippen molar-refractivity contribution in [2.45, 2.75) is 11.4 Å². The molecule has 0 atom stereocenters. The fourth-order valence-electron chi connectivity index (χ4n) is 1.91. The van der Waals surface area contributed by atoms with Crippen molar-refractivity contribution in [1.29, 1.82) is 0 Å². The second-order valence-electron chi connectivity index (χ2n) is 4.45. The standard InChI is InChI=1S/C15H15F2N5S/c1-19-7-12(6-18)21-15(13(17)8-20-2)22-9-10-5-11(16)3-4-14(10)23-22/h3-8H,2,9,18H2,1H3/b12-6?,13-8+,19-7?,21-15?. The van der Waals surface area contributed by atoms with Gasteiger partial charge >= 0.3 is 0 Å². The van der Waals surface area contributed by atoms with E-state index in [1.165, 1.54) is 36.5 Å². The van der Waals surface area contributed by atoms with Gasteiger partial charge < -0.3 is 5.73 Å². The summed E-state index contributed by atoms with van der Waals surface area (Å²) in [4.78, 5) is 12.2. The van der Waals surface area contributed by atoms with Crippen molar-refractivity contribution in [3.63, 3.8) is 0 Å². The Balaban J connectivity index is 2.39. The SMILES string of the molecule is C=N/C=C(/F)C(=NC(C=NC)=CN)N1Cc2cc(F)ccc2S1. The Morgan fingerprint density at radius 1 is 1.48 bits per heavy atom. The van der Waals surface area contributed by atoms with Gasteiger partial charge in [-0.05, 0) is 42.4 Å². The maximum atomic E-state index is 14.3. The van der Waals surface area contributed by atoms with Gasteiger partial charge in [0.2, 0.25) is 0 Å². The third-order valence-corrected chi connectivity index (χ3v) is 3.98. The predicted octanol–water partition coefficient (Wildman–Crippen LogP) is 3.06. The number of amidine groups is 1. The van der Waals surface area contributed by atoms with Crippen LogP contribution in [-0.4, -0.2) is 30.1 Å². The van der Waals surface area contributed by atoms with Gasteiger partial charge in [-0.2, -0.15) is 0 Å². The molecule has 1 aromatic rings. The van der Waals surface area contributed by atoms with Gasteiger partial charge in [-0.1, -0.05) is 0 Å². The number of fused-ring (bicyclic) bond motifs is 1. The predicted molar refractivity (Wildman–Crippen MR) is 90.7 cm³/mol. The molecule has 1 aliphatic rings. The van der Waals surface area contributed by atoms with Crippen LogP contribution in [0.15, 0.2) is 62.0 Å². The van der Waals surface area contributed by atoms with E-state index in [1.54, 1.807) is 17.4 Å². The molecular formula is C15H15F2N5S. The molecule has 0 aromatic heterocycles. The minimum atomic E-state index is -0.676. The lowest BCUT2D eigenvalue weighted by atomic mass is 10.2. The molecule has 2 N–H and O–H groups in total. The lowest BCUT2D eigenvalue weighted by molar-refractivity contribution is 0.606. The summed E-state index contributed by atoms with van der Waals surface area (Å²) in [6.07, 6.45) is 3.58. The minimum Gasteiger partial charge on any atom is -0.403 e. The molecule has 0 fully saturated rings. The zero-order valence-corrected chi connectivity index (χ0v) is 13.2. The highest BCUT2D eigenvalue weighted by Crippen LogP contribution is 2.37. The van der Waals surface area contributed by atoms with Gasteiger partial charge in [0.25, 0.3) is 0 Å². The molecule has 0 saturated carbocycles. The molecule has 0 unspecified atom stereocenters. The average Bonchev–Trinajstić information content (AvgIpc) is 2.94. The lowest BCUT2D eigenvalue weighted by Gasteiger charge is -2.17. The number of halogens is 2. The van der Waals surface area contributed by atoms with Crippen LogP contribution in [0.5, 0.6) is 0 Å². The third kappa shape index (κ3) is 4.04. The Labute approximate surface area is 137 Å². The number of aliphatic imine (C=N–C) groups is 3. The van der Waals surface area contributed by atoms with Crippen molar-refractivity contribution in [3.05, 3.63) is 53.5 Å². The van der Waals surface area contributed by atoms with Crippen LogP contribution in [0.1, 0.15) is 5.56 Å². The van der Waals surface area contributed by atoms with Gasteiger partial charge in [0, 0.05) is 24.4 Å². The molecule has 0 aliphatic carbocycles.